The third-order valence-corrected chi connectivity index (χ3v) is 11.4. The van der Waals surface area contributed by atoms with E-state index in [1.165, 1.54) is 57.8 Å². The molecule has 0 spiro atoms. The van der Waals surface area contributed by atoms with Crippen LogP contribution in [0.1, 0.15) is 105 Å². The van der Waals surface area contributed by atoms with E-state index in [4.69, 9.17) is 4.74 Å². The van der Waals surface area contributed by atoms with Crippen LogP contribution in [0.5, 0.6) is 0 Å². The Hall–Kier alpha value is -1.03. The molecule has 3 saturated carbocycles. The van der Waals surface area contributed by atoms with Crippen LogP contribution in [0, 0.1) is 46.3 Å². The number of ether oxygens (including phenoxy) is 1. The van der Waals surface area contributed by atoms with Gasteiger partial charge in [0.05, 0.1) is 0 Å². The van der Waals surface area contributed by atoms with Crippen LogP contribution in [0.25, 0.3) is 0 Å². The van der Waals surface area contributed by atoms with Crippen molar-refractivity contribution in [2.75, 3.05) is 27.2 Å². The predicted octanol–water partition coefficient (Wildman–Crippen LogP) is 7.68. The molecule has 0 bridgehead atoms. The van der Waals surface area contributed by atoms with Crippen LogP contribution in [0.15, 0.2) is 11.6 Å². The van der Waals surface area contributed by atoms with Gasteiger partial charge in [-0.3, -0.25) is 0 Å². The Morgan fingerprint density at radius 3 is 2.58 bits per heavy atom. The first-order chi connectivity index (χ1) is 17.0. The van der Waals surface area contributed by atoms with E-state index in [9.17, 15) is 4.79 Å². The quantitative estimate of drug-likeness (QED) is 0.330. The van der Waals surface area contributed by atoms with Crippen LogP contribution in [0.3, 0.4) is 0 Å². The zero-order valence-electron chi connectivity index (χ0n) is 24.6. The van der Waals surface area contributed by atoms with Gasteiger partial charge in [0, 0.05) is 19.5 Å². The van der Waals surface area contributed by atoms with E-state index < -0.39 is 0 Å². The molecular weight excluding hydrogens is 444 g/mol. The third kappa shape index (κ3) is 5.69. The molecule has 0 heterocycles. The number of hydrogen-bond donors (Lipinski definition) is 1. The van der Waals surface area contributed by atoms with Gasteiger partial charge in [-0.15, -0.1) is 0 Å². The van der Waals surface area contributed by atoms with Crippen LogP contribution in [-0.2, 0) is 4.74 Å². The number of fused-ring (bicyclic) bond motifs is 5. The summed E-state index contributed by atoms with van der Waals surface area (Å²) < 4.78 is 5.87. The molecule has 0 radical (unpaired) electrons. The molecule has 4 nitrogen and oxygen atoms in total. The maximum Gasteiger partial charge on any atom is 0.407 e. The van der Waals surface area contributed by atoms with Crippen LogP contribution in [0.4, 0.5) is 4.79 Å². The molecule has 0 saturated heterocycles. The molecule has 206 valence electrons. The average Bonchev–Trinajstić information content (AvgIpc) is 3.16. The molecule has 0 aromatic carbocycles. The van der Waals surface area contributed by atoms with Crippen LogP contribution in [-0.4, -0.2) is 44.3 Å². The summed E-state index contributed by atoms with van der Waals surface area (Å²) in [5, 5.41) is 2.93. The van der Waals surface area contributed by atoms with Crippen LogP contribution < -0.4 is 5.32 Å². The van der Waals surface area contributed by atoms with Crippen molar-refractivity contribution in [2.45, 2.75) is 111 Å². The van der Waals surface area contributed by atoms with E-state index in [-0.39, 0.29) is 12.2 Å². The van der Waals surface area contributed by atoms with Gasteiger partial charge in [0.25, 0.3) is 0 Å². The molecule has 8 atom stereocenters. The zero-order valence-corrected chi connectivity index (χ0v) is 24.6. The topological polar surface area (TPSA) is 41.6 Å². The molecule has 0 aromatic heterocycles. The van der Waals surface area contributed by atoms with E-state index in [1.807, 2.05) is 14.1 Å². The van der Waals surface area contributed by atoms with Gasteiger partial charge in [0.15, 0.2) is 0 Å². The van der Waals surface area contributed by atoms with Gasteiger partial charge in [-0.25, -0.2) is 4.79 Å². The monoisotopic (exact) mass is 500 g/mol. The van der Waals surface area contributed by atoms with Crippen molar-refractivity contribution in [3.8, 4) is 0 Å². The number of nitrogens with zero attached hydrogens (tertiary/aromatic N) is 1. The summed E-state index contributed by atoms with van der Waals surface area (Å²) in [5.41, 5.74) is 2.46. The summed E-state index contributed by atoms with van der Waals surface area (Å²) in [4.78, 5) is 14.4. The summed E-state index contributed by atoms with van der Waals surface area (Å²) in [6.45, 7) is 14.0. The largest absolute Gasteiger partial charge is 0.446 e. The summed E-state index contributed by atoms with van der Waals surface area (Å²) in [6, 6.07) is 0. The number of carbonyl (C=O) groups excluding carboxylic acids is 1. The van der Waals surface area contributed by atoms with Gasteiger partial charge in [-0.1, -0.05) is 65.5 Å². The van der Waals surface area contributed by atoms with Gasteiger partial charge in [0.2, 0.25) is 0 Å². The molecule has 3 fully saturated rings. The smallest absolute Gasteiger partial charge is 0.407 e. The van der Waals surface area contributed by atoms with Gasteiger partial charge in [-0.2, -0.15) is 0 Å². The summed E-state index contributed by atoms with van der Waals surface area (Å²) in [6.07, 6.45) is 16.7. The normalized spacial score (nSPS) is 38.7. The fraction of sp³-hybridized carbons (Fsp3) is 0.906. The highest BCUT2D eigenvalue weighted by molar-refractivity contribution is 5.67. The molecule has 0 aliphatic heterocycles. The van der Waals surface area contributed by atoms with Crippen molar-refractivity contribution < 1.29 is 9.53 Å². The average molecular weight is 501 g/mol. The van der Waals surface area contributed by atoms with Crippen molar-refractivity contribution in [2.24, 2.45) is 46.3 Å². The van der Waals surface area contributed by atoms with Crippen molar-refractivity contribution in [3.63, 3.8) is 0 Å². The highest BCUT2D eigenvalue weighted by Crippen LogP contribution is 2.67. The number of likely N-dealkylation sites (N-methyl/N-ethyl adjacent to an activating group) is 1. The first-order valence-corrected chi connectivity index (χ1v) is 15.3. The second-order valence-electron chi connectivity index (χ2n) is 14.3. The minimum Gasteiger partial charge on any atom is -0.446 e. The lowest BCUT2D eigenvalue weighted by molar-refractivity contribution is -0.0581. The lowest BCUT2D eigenvalue weighted by Crippen LogP contribution is -2.51. The van der Waals surface area contributed by atoms with Crippen molar-refractivity contribution in [3.05, 3.63) is 11.6 Å². The molecule has 4 heteroatoms. The molecule has 0 aromatic rings. The Labute approximate surface area is 222 Å². The van der Waals surface area contributed by atoms with Gasteiger partial charge >= 0.3 is 6.09 Å². The second kappa shape index (κ2) is 11.4. The number of rotatable bonds is 9. The Balaban J connectivity index is 1.37. The molecule has 4 rings (SSSR count). The maximum atomic E-state index is 12.3. The number of carbonyl (C=O) groups is 1. The minimum absolute atomic E-state index is 0.0386. The van der Waals surface area contributed by atoms with E-state index in [2.05, 4.69) is 50.9 Å². The Bertz CT molecular complexity index is 791. The molecule has 1 unspecified atom stereocenters. The number of hydrogen-bond acceptors (Lipinski definition) is 3. The molecule has 1 amide bonds. The number of nitrogens with one attached hydrogen (secondary N) is 1. The number of amides is 1. The van der Waals surface area contributed by atoms with Crippen LogP contribution in [0.2, 0.25) is 0 Å². The van der Waals surface area contributed by atoms with E-state index in [0.29, 0.717) is 17.4 Å². The van der Waals surface area contributed by atoms with E-state index >= 15 is 0 Å². The first-order valence-electron chi connectivity index (χ1n) is 15.3. The second-order valence-corrected chi connectivity index (χ2v) is 14.3. The Morgan fingerprint density at radius 1 is 1.08 bits per heavy atom. The molecule has 4 aliphatic carbocycles. The number of allylic oxidation sites excluding steroid dienone is 1. The molecular formula is C32H56N2O2. The molecule has 4 aliphatic rings. The van der Waals surface area contributed by atoms with Gasteiger partial charge < -0.3 is 15.0 Å². The summed E-state index contributed by atoms with van der Waals surface area (Å²) in [5.74, 6) is 5.21. The van der Waals surface area contributed by atoms with Gasteiger partial charge in [0.1, 0.15) is 6.10 Å². The lowest BCUT2D eigenvalue weighted by Gasteiger charge is -2.58. The Morgan fingerprint density at radius 2 is 1.86 bits per heavy atom. The van der Waals surface area contributed by atoms with Crippen molar-refractivity contribution >= 4 is 6.09 Å². The lowest BCUT2D eigenvalue weighted by atomic mass is 9.47. The highest BCUT2D eigenvalue weighted by Gasteiger charge is 2.59. The van der Waals surface area contributed by atoms with Gasteiger partial charge in [-0.05, 0) is 105 Å². The highest BCUT2D eigenvalue weighted by atomic mass is 16.6. The molecule has 36 heavy (non-hydrogen) atoms. The fourth-order valence-corrected chi connectivity index (χ4v) is 9.33. The first kappa shape index (κ1) is 28.0. The SMILES string of the molecule is CC(C)CCC[C@H](C)[C@H]1CC[C@H]2[C@@H]3CC=C4C[C@@H](OC(=O)NCCN(C)C)CC[C@]4(C)[C@H]3CCC12C. The van der Waals surface area contributed by atoms with E-state index in [1.54, 1.807) is 5.57 Å². The zero-order chi connectivity index (χ0) is 26.1. The fourth-order valence-electron chi connectivity index (χ4n) is 9.33. The summed E-state index contributed by atoms with van der Waals surface area (Å²) >= 11 is 0. The standard InChI is InChI=1S/C32H56N2O2/c1-22(2)9-8-10-23(3)27-13-14-28-26-12-11-24-21-25(36-30(35)33-19-20-34(6)7)15-17-31(24,4)29(26)16-18-32(27,28)5/h11,22-23,25-29H,8-10,12-21H2,1-7H3,(H,33,35)/t23-,25-,26-,27+,28-,29-,31-,32?/m0/s1. The van der Waals surface area contributed by atoms with E-state index in [0.717, 1.165) is 54.9 Å². The van der Waals surface area contributed by atoms with Crippen molar-refractivity contribution in [1.82, 2.24) is 10.2 Å². The minimum atomic E-state index is -0.243. The summed E-state index contributed by atoms with van der Waals surface area (Å²) in [7, 11) is 4.04. The molecule has 1 N–H and O–H groups in total. The van der Waals surface area contributed by atoms with Crippen LogP contribution >= 0.6 is 0 Å². The predicted molar refractivity (Wildman–Crippen MR) is 150 cm³/mol. The Kier molecular flexibility index (Phi) is 8.85. The third-order valence-electron chi connectivity index (χ3n) is 11.4. The number of alkyl carbamates (subject to hydrolysis) is 1. The van der Waals surface area contributed by atoms with Crippen molar-refractivity contribution in [1.29, 1.82) is 0 Å². The maximum absolute atomic E-state index is 12.3.